The molecule has 1 fully saturated rings. The molecule has 0 aliphatic carbocycles. The number of likely N-dealkylation sites (tertiary alicyclic amines) is 1. The maximum absolute atomic E-state index is 11.6. The Morgan fingerprint density at radius 1 is 1.40 bits per heavy atom. The number of nitrogens with one attached hydrogen (secondary N) is 1. The summed E-state index contributed by atoms with van der Waals surface area (Å²) < 4.78 is 7.01. The van der Waals surface area contributed by atoms with Crippen LogP contribution in [0.4, 0.5) is 0 Å². The van der Waals surface area contributed by atoms with Gasteiger partial charge in [0, 0.05) is 45.6 Å². The number of aliphatic imine (C=N–C) groups is 1. The molecule has 0 saturated carbocycles. The summed E-state index contributed by atoms with van der Waals surface area (Å²) in [6, 6.07) is 0. The predicted molar refractivity (Wildman–Crippen MR) is 109 cm³/mol. The number of hydrogen-bond acceptors (Lipinski definition) is 4. The zero-order chi connectivity index (χ0) is 17.4. The molecular weight excluding hydrogens is 433 g/mol. The quantitative estimate of drug-likeness (QED) is 0.230. The number of ether oxygens (including phenoxy) is 1. The van der Waals surface area contributed by atoms with Gasteiger partial charge in [0.05, 0.1) is 13.0 Å². The van der Waals surface area contributed by atoms with Gasteiger partial charge < -0.3 is 19.5 Å². The Balaban J connectivity index is 0.00000312. The first-order valence-electron chi connectivity index (χ1n) is 8.67. The molecular formula is C17H30IN5O2. The lowest BCUT2D eigenvalue weighted by molar-refractivity contribution is -0.146. The lowest BCUT2D eigenvalue weighted by Crippen LogP contribution is -2.46. The Morgan fingerprint density at radius 3 is 2.68 bits per heavy atom. The molecule has 2 rings (SSSR count). The fourth-order valence-electron chi connectivity index (χ4n) is 3.07. The van der Waals surface area contributed by atoms with E-state index < -0.39 is 0 Å². The molecule has 1 aliphatic heterocycles. The molecule has 142 valence electrons. The topological polar surface area (TPSA) is 71.8 Å². The molecule has 0 amide bonds. The minimum atomic E-state index is -0.0904. The van der Waals surface area contributed by atoms with Crippen molar-refractivity contribution in [2.45, 2.75) is 39.2 Å². The molecule has 1 saturated heterocycles. The third kappa shape index (κ3) is 6.48. The molecule has 1 aliphatic rings. The summed E-state index contributed by atoms with van der Waals surface area (Å²) in [7, 11) is 3.27. The number of hydrogen-bond donors (Lipinski definition) is 1. The highest BCUT2D eigenvalue weighted by atomic mass is 127. The molecule has 0 bridgehead atoms. The van der Waals surface area contributed by atoms with Crippen LogP contribution in [-0.2, 0) is 16.1 Å². The van der Waals surface area contributed by atoms with Gasteiger partial charge in [0.1, 0.15) is 5.82 Å². The highest BCUT2D eigenvalue weighted by Gasteiger charge is 2.26. The number of methoxy groups -OCH3 is 1. The zero-order valence-corrected chi connectivity index (χ0v) is 17.7. The van der Waals surface area contributed by atoms with Gasteiger partial charge in [0.25, 0.3) is 0 Å². The summed E-state index contributed by atoms with van der Waals surface area (Å²) in [5.41, 5.74) is 0. The second kappa shape index (κ2) is 11.3. The summed E-state index contributed by atoms with van der Waals surface area (Å²) >= 11 is 0. The largest absolute Gasteiger partial charge is 0.469 e. The molecule has 1 N–H and O–H groups in total. The number of guanidine groups is 1. The van der Waals surface area contributed by atoms with Crippen molar-refractivity contribution in [1.82, 2.24) is 19.8 Å². The molecule has 0 aromatic carbocycles. The van der Waals surface area contributed by atoms with Crippen molar-refractivity contribution in [3.63, 3.8) is 0 Å². The van der Waals surface area contributed by atoms with Crippen LogP contribution in [0.2, 0.25) is 0 Å². The van der Waals surface area contributed by atoms with Crippen LogP contribution < -0.4 is 5.32 Å². The molecule has 0 radical (unpaired) electrons. The lowest BCUT2D eigenvalue weighted by atomic mass is 9.97. The Morgan fingerprint density at radius 2 is 2.12 bits per heavy atom. The molecule has 2 heterocycles. The SMILES string of the molecule is CN=C(NCCCCn1ccnc1C)N1CCC(C(=O)OC)CC1.I. The van der Waals surface area contributed by atoms with Crippen molar-refractivity contribution in [2.75, 3.05) is 33.8 Å². The minimum Gasteiger partial charge on any atom is -0.469 e. The minimum absolute atomic E-state index is 0. The van der Waals surface area contributed by atoms with E-state index in [2.05, 4.69) is 24.8 Å². The van der Waals surface area contributed by atoms with Crippen LogP contribution in [0, 0.1) is 12.8 Å². The summed E-state index contributed by atoms with van der Waals surface area (Å²) in [5.74, 6) is 1.93. The molecule has 0 unspecified atom stereocenters. The Labute approximate surface area is 167 Å². The fourth-order valence-corrected chi connectivity index (χ4v) is 3.07. The van der Waals surface area contributed by atoms with Crippen molar-refractivity contribution in [1.29, 1.82) is 0 Å². The number of esters is 1. The van der Waals surface area contributed by atoms with E-state index >= 15 is 0 Å². The van der Waals surface area contributed by atoms with Crippen molar-refractivity contribution >= 4 is 35.9 Å². The third-order valence-corrected chi connectivity index (χ3v) is 4.57. The normalized spacial score (nSPS) is 15.6. The van der Waals surface area contributed by atoms with Crippen LogP contribution in [0.3, 0.4) is 0 Å². The van der Waals surface area contributed by atoms with Gasteiger partial charge in [0.15, 0.2) is 5.96 Å². The van der Waals surface area contributed by atoms with Crippen LogP contribution in [0.15, 0.2) is 17.4 Å². The van der Waals surface area contributed by atoms with Crippen LogP contribution >= 0.6 is 24.0 Å². The number of unbranched alkanes of at least 4 members (excludes halogenated alkanes) is 1. The van der Waals surface area contributed by atoms with E-state index in [0.29, 0.717) is 0 Å². The Hall–Kier alpha value is -1.32. The average molecular weight is 463 g/mol. The van der Waals surface area contributed by atoms with Crippen molar-refractivity contribution in [3.05, 3.63) is 18.2 Å². The zero-order valence-electron chi connectivity index (χ0n) is 15.4. The van der Waals surface area contributed by atoms with E-state index in [-0.39, 0.29) is 35.9 Å². The van der Waals surface area contributed by atoms with Crippen LogP contribution in [0.1, 0.15) is 31.5 Å². The van der Waals surface area contributed by atoms with Gasteiger partial charge in [-0.15, -0.1) is 24.0 Å². The molecule has 1 aromatic rings. The maximum atomic E-state index is 11.6. The first-order valence-corrected chi connectivity index (χ1v) is 8.67. The van der Waals surface area contributed by atoms with Gasteiger partial charge in [-0.25, -0.2) is 4.98 Å². The first-order chi connectivity index (χ1) is 11.7. The number of aromatic nitrogens is 2. The maximum Gasteiger partial charge on any atom is 0.308 e. The smallest absolute Gasteiger partial charge is 0.308 e. The van der Waals surface area contributed by atoms with E-state index in [1.807, 2.05) is 26.4 Å². The van der Waals surface area contributed by atoms with E-state index in [9.17, 15) is 4.79 Å². The van der Waals surface area contributed by atoms with Crippen LogP contribution in [-0.4, -0.2) is 60.2 Å². The summed E-state index contributed by atoms with van der Waals surface area (Å²) in [4.78, 5) is 22.4. The van der Waals surface area contributed by atoms with E-state index in [0.717, 1.165) is 63.6 Å². The Kier molecular flexibility index (Phi) is 9.84. The standard InChI is InChI=1S/C17H29N5O2.HI/c1-14-19-9-13-21(14)10-5-4-8-20-17(18-2)22-11-6-15(7-12-22)16(23)24-3;/h9,13,15H,4-8,10-12H2,1-3H3,(H,18,20);1H. The summed E-state index contributed by atoms with van der Waals surface area (Å²) in [5, 5.41) is 3.43. The van der Waals surface area contributed by atoms with Crippen molar-refractivity contribution in [2.24, 2.45) is 10.9 Å². The van der Waals surface area contributed by atoms with Crippen molar-refractivity contribution < 1.29 is 9.53 Å². The monoisotopic (exact) mass is 463 g/mol. The average Bonchev–Trinajstić information content (AvgIpc) is 3.02. The number of piperidine rings is 1. The van der Waals surface area contributed by atoms with E-state index in [1.165, 1.54) is 7.11 Å². The molecule has 0 atom stereocenters. The van der Waals surface area contributed by atoms with Gasteiger partial charge in [-0.1, -0.05) is 0 Å². The molecule has 1 aromatic heterocycles. The second-order valence-corrected chi connectivity index (χ2v) is 6.13. The van der Waals surface area contributed by atoms with Gasteiger partial charge in [-0.2, -0.15) is 0 Å². The van der Waals surface area contributed by atoms with Crippen LogP contribution in [0.25, 0.3) is 0 Å². The summed E-state index contributed by atoms with van der Waals surface area (Å²) in [6.07, 6.45) is 7.70. The molecule has 8 heteroatoms. The number of carbonyl (C=O) groups is 1. The Bertz CT molecular complexity index is 553. The molecule has 25 heavy (non-hydrogen) atoms. The number of halogens is 1. The molecule has 0 spiro atoms. The molecule has 7 nitrogen and oxygen atoms in total. The van der Waals surface area contributed by atoms with E-state index in [4.69, 9.17) is 4.74 Å². The second-order valence-electron chi connectivity index (χ2n) is 6.13. The van der Waals surface area contributed by atoms with Gasteiger partial charge in [0.2, 0.25) is 0 Å². The fraction of sp³-hybridized carbons (Fsp3) is 0.706. The predicted octanol–water partition coefficient (Wildman–Crippen LogP) is 2.05. The number of aryl methyl sites for hydroxylation is 2. The number of imidazole rings is 1. The lowest BCUT2D eigenvalue weighted by Gasteiger charge is -2.33. The van der Waals surface area contributed by atoms with Crippen LogP contribution in [0.5, 0.6) is 0 Å². The van der Waals surface area contributed by atoms with Gasteiger partial charge >= 0.3 is 5.97 Å². The summed E-state index contributed by atoms with van der Waals surface area (Å²) in [6.45, 7) is 5.60. The number of rotatable bonds is 6. The van der Waals surface area contributed by atoms with Crippen molar-refractivity contribution in [3.8, 4) is 0 Å². The first kappa shape index (κ1) is 21.7. The van der Waals surface area contributed by atoms with Gasteiger partial charge in [-0.3, -0.25) is 9.79 Å². The highest BCUT2D eigenvalue weighted by molar-refractivity contribution is 14.0. The van der Waals surface area contributed by atoms with Gasteiger partial charge in [-0.05, 0) is 32.6 Å². The number of nitrogens with zero attached hydrogens (tertiary/aromatic N) is 4. The highest BCUT2D eigenvalue weighted by Crippen LogP contribution is 2.18. The third-order valence-electron chi connectivity index (χ3n) is 4.57. The number of carbonyl (C=O) groups excluding carboxylic acids is 1. The van der Waals surface area contributed by atoms with E-state index in [1.54, 1.807) is 0 Å².